The molecule has 0 fully saturated rings. The second-order valence-corrected chi connectivity index (χ2v) is 4.39. The van der Waals surface area contributed by atoms with Crippen molar-refractivity contribution < 1.29 is 9.15 Å². The van der Waals surface area contributed by atoms with E-state index in [0.29, 0.717) is 13.2 Å². The number of furan rings is 1. The molecule has 0 aliphatic carbocycles. The van der Waals surface area contributed by atoms with E-state index in [4.69, 9.17) is 14.9 Å². The lowest BCUT2D eigenvalue weighted by Gasteiger charge is -2.09. The van der Waals surface area contributed by atoms with E-state index in [1.807, 2.05) is 43.3 Å². The van der Waals surface area contributed by atoms with Gasteiger partial charge in [-0.2, -0.15) is 0 Å². The van der Waals surface area contributed by atoms with Crippen molar-refractivity contribution in [2.24, 2.45) is 5.73 Å². The molecule has 100 valence electrons. The van der Waals surface area contributed by atoms with Crippen molar-refractivity contribution in [3.8, 4) is 5.75 Å². The Morgan fingerprint density at radius 2 is 2.11 bits per heavy atom. The Morgan fingerprint density at radius 3 is 2.79 bits per heavy atom. The van der Waals surface area contributed by atoms with Crippen molar-refractivity contribution in [3.63, 3.8) is 0 Å². The average molecular weight is 257 g/mol. The molecule has 2 rings (SSSR count). The third-order valence-electron chi connectivity index (χ3n) is 2.99. The number of hydrogen-bond donors (Lipinski definition) is 1. The van der Waals surface area contributed by atoms with Crippen LogP contribution in [0.3, 0.4) is 0 Å². The Kier molecular flexibility index (Phi) is 4.42. The first-order valence-electron chi connectivity index (χ1n) is 6.34. The zero-order chi connectivity index (χ0) is 13.7. The van der Waals surface area contributed by atoms with Crippen LogP contribution in [-0.4, -0.2) is 0 Å². The summed E-state index contributed by atoms with van der Waals surface area (Å²) in [5.41, 5.74) is 7.73. The molecule has 3 nitrogen and oxygen atoms in total. The van der Waals surface area contributed by atoms with Gasteiger partial charge in [0, 0.05) is 5.56 Å². The van der Waals surface area contributed by atoms with Crippen LogP contribution in [-0.2, 0) is 19.6 Å². The van der Waals surface area contributed by atoms with Crippen molar-refractivity contribution in [1.82, 2.24) is 0 Å². The molecular weight excluding hydrogens is 238 g/mol. The molecule has 2 N–H and O–H groups in total. The number of benzene rings is 1. The molecule has 19 heavy (non-hydrogen) atoms. The van der Waals surface area contributed by atoms with Gasteiger partial charge in [0.15, 0.2) is 0 Å². The van der Waals surface area contributed by atoms with Gasteiger partial charge in [0.25, 0.3) is 0 Å². The topological polar surface area (TPSA) is 48.4 Å². The molecule has 0 unspecified atom stereocenters. The third-order valence-corrected chi connectivity index (χ3v) is 2.99. The Labute approximate surface area is 113 Å². The molecule has 0 radical (unpaired) electrons. The lowest BCUT2D eigenvalue weighted by molar-refractivity contribution is 0.300. The molecule has 2 aromatic rings. The Morgan fingerprint density at radius 1 is 1.32 bits per heavy atom. The highest BCUT2D eigenvalue weighted by atomic mass is 16.5. The third kappa shape index (κ3) is 3.26. The molecule has 0 aliphatic heterocycles. The van der Waals surface area contributed by atoms with Gasteiger partial charge in [-0.3, -0.25) is 0 Å². The molecule has 1 heterocycles. The first-order valence-corrected chi connectivity index (χ1v) is 6.34. The summed E-state index contributed by atoms with van der Waals surface area (Å²) in [6.45, 7) is 6.58. The van der Waals surface area contributed by atoms with Gasteiger partial charge in [0.1, 0.15) is 23.9 Å². The minimum absolute atomic E-state index is 0.411. The first-order chi connectivity index (χ1) is 9.24. The smallest absolute Gasteiger partial charge is 0.123 e. The maximum absolute atomic E-state index is 5.87. The fourth-order valence-electron chi connectivity index (χ4n) is 1.96. The van der Waals surface area contributed by atoms with Gasteiger partial charge in [0.05, 0.1) is 6.54 Å². The van der Waals surface area contributed by atoms with E-state index >= 15 is 0 Å². The quantitative estimate of drug-likeness (QED) is 0.807. The van der Waals surface area contributed by atoms with Crippen molar-refractivity contribution in [3.05, 3.63) is 65.6 Å². The Balaban J connectivity index is 2.09. The summed E-state index contributed by atoms with van der Waals surface area (Å²) in [5.74, 6) is 2.54. The van der Waals surface area contributed by atoms with Gasteiger partial charge in [0.2, 0.25) is 0 Å². The van der Waals surface area contributed by atoms with E-state index in [-0.39, 0.29) is 0 Å². The Bertz CT molecular complexity index is 558. The number of para-hydroxylation sites is 1. The predicted molar refractivity (Wildman–Crippen MR) is 76.0 cm³/mol. The van der Waals surface area contributed by atoms with Gasteiger partial charge in [-0.25, -0.2) is 0 Å². The highest BCUT2D eigenvalue weighted by Crippen LogP contribution is 2.22. The summed E-state index contributed by atoms with van der Waals surface area (Å²) in [6.07, 6.45) is 2.67. The lowest BCUT2D eigenvalue weighted by Crippen LogP contribution is -1.98. The molecule has 1 aromatic carbocycles. The summed E-state index contributed by atoms with van der Waals surface area (Å²) < 4.78 is 11.4. The van der Waals surface area contributed by atoms with Crippen molar-refractivity contribution >= 4 is 0 Å². The molecule has 1 aromatic heterocycles. The number of aryl methyl sites for hydroxylation is 1. The second kappa shape index (κ2) is 6.25. The van der Waals surface area contributed by atoms with Crippen LogP contribution in [0, 0.1) is 6.92 Å². The van der Waals surface area contributed by atoms with Crippen LogP contribution < -0.4 is 10.5 Å². The number of hydrogen-bond acceptors (Lipinski definition) is 3. The van der Waals surface area contributed by atoms with E-state index in [9.17, 15) is 0 Å². The van der Waals surface area contributed by atoms with Gasteiger partial charge in [-0.1, -0.05) is 24.3 Å². The normalized spacial score (nSPS) is 10.4. The van der Waals surface area contributed by atoms with Crippen molar-refractivity contribution in [1.29, 1.82) is 0 Å². The molecule has 0 aliphatic rings. The van der Waals surface area contributed by atoms with Crippen LogP contribution in [0.2, 0.25) is 0 Å². The molecule has 0 bridgehead atoms. The average Bonchev–Trinajstić information content (AvgIpc) is 2.79. The molecular formula is C16H19NO2. The molecule has 0 atom stereocenters. The zero-order valence-corrected chi connectivity index (χ0v) is 11.2. The molecule has 0 amide bonds. The largest absolute Gasteiger partial charge is 0.488 e. The van der Waals surface area contributed by atoms with Gasteiger partial charge < -0.3 is 14.9 Å². The maximum Gasteiger partial charge on any atom is 0.123 e. The van der Waals surface area contributed by atoms with Crippen LogP contribution >= 0.6 is 0 Å². The van der Waals surface area contributed by atoms with E-state index in [1.54, 1.807) is 0 Å². The molecule has 0 saturated heterocycles. The molecule has 0 saturated carbocycles. The fourth-order valence-corrected chi connectivity index (χ4v) is 1.96. The number of rotatable bonds is 6. The minimum atomic E-state index is 0.411. The molecule has 0 spiro atoms. The van der Waals surface area contributed by atoms with Gasteiger partial charge in [-0.15, -0.1) is 6.58 Å². The van der Waals surface area contributed by atoms with E-state index in [1.165, 1.54) is 0 Å². The van der Waals surface area contributed by atoms with Crippen molar-refractivity contribution in [2.75, 3.05) is 0 Å². The summed E-state index contributed by atoms with van der Waals surface area (Å²) in [4.78, 5) is 0. The second-order valence-electron chi connectivity index (χ2n) is 4.39. The summed E-state index contributed by atoms with van der Waals surface area (Å²) >= 11 is 0. The van der Waals surface area contributed by atoms with Crippen LogP contribution in [0.5, 0.6) is 5.75 Å². The monoisotopic (exact) mass is 257 g/mol. The van der Waals surface area contributed by atoms with Gasteiger partial charge in [-0.05, 0) is 31.0 Å². The number of nitrogens with two attached hydrogens (primary N) is 1. The van der Waals surface area contributed by atoms with Crippen molar-refractivity contribution in [2.45, 2.75) is 26.5 Å². The summed E-state index contributed by atoms with van der Waals surface area (Å²) in [6, 6.07) is 9.94. The van der Waals surface area contributed by atoms with Crippen LogP contribution in [0.4, 0.5) is 0 Å². The zero-order valence-electron chi connectivity index (χ0n) is 11.2. The van der Waals surface area contributed by atoms with Gasteiger partial charge >= 0.3 is 0 Å². The predicted octanol–water partition coefficient (Wildman–Crippen LogP) is 3.35. The van der Waals surface area contributed by atoms with Crippen LogP contribution in [0.15, 0.2) is 47.4 Å². The van der Waals surface area contributed by atoms with E-state index < -0.39 is 0 Å². The fraction of sp³-hybridized carbons (Fsp3) is 0.250. The van der Waals surface area contributed by atoms with E-state index in [2.05, 4.69) is 6.58 Å². The summed E-state index contributed by atoms with van der Waals surface area (Å²) in [7, 11) is 0. The standard InChI is InChI=1S/C16H19NO2/c1-3-6-13-7-4-5-8-16(13)18-11-14-9-15(10-17)19-12(14)2/h3-5,7-9H,1,6,10-11,17H2,2H3. The number of allylic oxidation sites excluding steroid dienone is 1. The SMILES string of the molecule is C=CCc1ccccc1OCc1cc(CN)oc1C. The maximum atomic E-state index is 5.87. The molecule has 3 heteroatoms. The first kappa shape index (κ1) is 13.4. The Hall–Kier alpha value is -2.00. The van der Waals surface area contributed by atoms with E-state index in [0.717, 1.165) is 34.8 Å². The number of ether oxygens (including phenoxy) is 1. The summed E-state index contributed by atoms with van der Waals surface area (Å²) in [5, 5.41) is 0. The lowest BCUT2D eigenvalue weighted by atomic mass is 10.1. The highest BCUT2D eigenvalue weighted by Gasteiger charge is 2.08. The minimum Gasteiger partial charge on any atom is -0.488 e. The van der Waals surface area contributed by atoms with Crippen LogP contribution in [0.25, 0.3) is 0 Å². The van der Waals surface area contributed by atoms with Crippen LogP contribution in [0.1, 0.15) is 22.6 Å². The highest BCUT2D eigenvalue weighted by molar-refractivity contribution is 5.35.